The van der Waals surface area contributed by atoms with Crippen LogP contribution in [0.3, 0.4) is 0 Å². The number of nitrogens with one attached hydrogen (secondary N) is 1. The number of hydrogen-bond donors (Lipinski definition) is 2. The zero-order valence-electron chi connectivity index (χ0n) is 17.8. The van der Waals surface area contributed by atoms with Crippen LogP contribution in [-0.4, -0.2) is 17.4 Å². The zero-order valence-corrected chi connectivity index (χ0v) is 17.8. The van der Waals surface area contributed by atoms with Crippen LogP contribution in [0.2, 0.25) is 0 Å². The van der Waals surface area contributed by atoms with E-state index in [1.54, 1.807) is 18.2 Å². The van der Waals surface area contributed by atoms with Gasteiger partial charge in [-0.1, -0.05) is 61.5 Å². The van der Waals surface area contributed by atoms with E-state index < -0.39 is 6.17 Å². The number of nitrogens with zero attached hydrogens (tertiary/aromatic N) is 1. The number of hydrogen-bond acceptors (Lipinski definition) is 4. The summed E-state index contributed by atoms with van der Waals surface area (Å²) in [4.78, 5) is 4.86. The summed E-state index contributed by atoms with van der Waals surface area (Å²) in [6.07, 6.45) is 0.975. The molecule has 2 N–H and O–H groups in total. The normalized spacial score (nSPS) is 18.5. The van der Waals surface area contributed by atoms with Crippen molar-refractivity contribution in [1.29, 1.82) is 0 Å². The lowest BCUT2D eigenvalue weighted by Gasteiger charge is -2.31. The van der Waals surface area contributed by atoms with Crippen LogP contribution in [0.1, 0.15) is 54.7 Å². The van der Waals surface area contributed by atoms with E-state index in [1.165, 1.54) is 11.6 Å². The van der Waals surface area contributed by atoms with Gasteiger partial charge < -0.3 is 9.84 Å². The van der Waals surface area contributed by atoms with E-state index in [0.717, 1.165) is 17.7 Å². The van der Waals surface area contributed by atoms with Crippen molar-refractivity contribution in [3.63, 3.8) is 0 Å². The maximum atomic E-state index is 14.6. The summed E-state index contributed by atoms with van der Waals surface area (Å²) >= 11 is 0. The van der Waals surface area contributed by atoms with Gasteiger partial charge in [-0.25, -0.2) is 4.39 Å². The van der Waals surface area contributed by atoms with Gasteiger partial charge in [-0.3, -0.25) is 10.3 Å². The van der Waals surface area contributed by atoms with Crippen LogP contribution in [0.4, 0.5) is 4.39 Å². The fraction of sp³-hybridized carbons (Fsp3) is 0.269. The Hall–Kier alpha value is -3.18. The second-order valence-corrected chi connectivity index (χ2v) is 7.60. The number of ether oxygens (including phenoxy) is 1. The molecule has 0 fully saturated rings. The molecule has 0 radical (unpaired) electrons. The van der Waals surface area contributed by atoms with Crippen molar-refractivity contribution in [1.82, 2.24) is 5.32 Å². The quantitative estimate of drug-likeness (QED) is 0.539. The fourth-order valence-corrected chi connectivity index (χ4v) is 3.96. The summed E-state index contributed by atoms with van der Waals surface area (Å²) < 4.78 is 20.2. The number of phenolic OH excluding ortho intramolecular Hbond substituents is 1. The van der Waals surface area contributed by atoms with Crippen LogP contribution in [0.25, 0.3) is 0 Å². The first-order valence-corrected chi connectivity index (χ1v) is 10.7. The van der Waals surface area contributed by atoms with E-state index in [9.17, 15) is 9.50 Å². The number of halogens is 1. The lowest BCUT2D eigenvalue weighted by molar-refractivity contribution is 0.313. The van der Waals surface area contributed by atoms with E-state index in [2.05, 4.69) is 36.5 Å². The molecule has 0 saturated carbocycles. The topological polar surface area (TPSA) is 53.8 Å². The van der Waals surface area contributed by atoms with Gasteiger partial charge in [0.2, 0.25) is 0 Å². The minimum atomic E-state index is -0.559. The number of phenols is 1. The molecule has 1 heterocycles. The number of rotatable bonds is 6. The van der Waals surface area contributed by atoms with E-state index in [4.69, 9.17) is 9.73 Å². The molecule has 5 heteroatoms. The predicted molar refractivity (Wildman–Crippen MR) is 121 cm³/mol. The highest BCUT2D eigenvalue weighted by molar-refractivity contribution is 6.01. The highest BCUT2D eigenvalue weighted by Gasteiger charge is 2.29. The molecule has 0 amide bonds. The molecular formula is C26H27FN2O2. The van der Waals surface area contributed by atoms with Gasteiger partial charge in [0.25, 0.3) is 0 Å². The zero-order chi connectivity index (χ0) is 21.8. The van der Waals surface area contributed by atoms with Crippen molar-refractivity contribution in [2.45, 2.75) is 38.9 Å². The van der Waals surface area contributed by atoms with Gasteiger partial charge in [-0.2, -0.15) is 0 Å². The molecule has 1 aliphatic rings. The second-order valence-electron chi connectivity index (χ2n) is 7.60. The van der Waals surface area contributed by atoms with Crippen LogP contribution >= 0.6 is 0 Å². The minimum Gasteiger partial charge on any atom is -0.504 e. The van der Waals surface area contributed by atoms with Gasteiger partial charge >= 0.3 is 0 Å². The van der Waals surface area contributed by atoms with Crippen molar-refractivity contribution >= 4 is 5.71 Å². The molecular weight excluding hydrogens is 391 g/mol. The molecule has 160 valence electrons. The molecule has 4 rings (SSSR count). The van der Waals surface area contributed by atoms with Crippen LogP contribution in [0, 0.1) is 5.82 Å². The van der Waals surface area contributed by atoms with Crippen molar-refractivity contribution in [2.24, 2.45) is 4.99 Å². The first-order chi connectivity index (χ1) is 15.1. The van der Waals surface area contributed by atoms with E-state index >= 15 is 0 Å². The lowest BCUT2D eigenvalue weighted by Crippen LogP contribution is -2.33. The summed E-state index contributed by atoms with van der Waals surface area (Å²) in [7, 11) is 0. The van der Waals surface area contributed by atoms with Crippen molar-refractivity contribution in [2.75, 3.05) is 6.61 Å². The molecule has 3 aromatic carbocycles. The van der Waals surface area contributed by atoms with Gasteiger partial charge in [-0.15, -0.1) is 0 Å². The van der Waals surface area contributed by atoms with Crippen LogP contribution < -0.4 is 10.1 Å². The van der Waals surface area contributed by atoms with E-state index in [1.807, 2.05) is 25.1 Å². The third kappa shape index (κ3) is 4.47. The molecule has 1 aliphatic heterocycles. The Labute approximate surface area is 182 Å². The monoisotopic (exact) mass is 418 g/mol. The molecule has 3 aromatic rings. The van der Waals surface area contributed by atoms with Gasteiger partial charge in [0.05, 0.1) is 6.61 Å². The number of aryl methyl sites for hydroxylation is 1. The third-order valence-electron chi connectivity index (χ3n) is 5.64. The number of benzene rings is 3. The third-order valence-corrected chi connectivity index (χ3v) is 5.64. The number of para-hydroxylation sites is 1. The van der Waals surface area contributed by atoms with Crippen LogP contribution in [-0.2, 0) is 6.42 Å². The summed E-state index contributed by atoms with van der Waals surface area (Å²) in [5, 5.41) is 14.2. The Kier molecular flexibility index (Phi) is 6.33. The van der Waals surface area contributed by atoms with Gasteiger partial charge in [-0.05, 0) is 36.6 Å². The average molecular weight is 419 g/mol. The van der Waals surface area contributed by atoms with Gasteiger partial charge in [0.15, 0.2) is 11.5 Å². The molecule has 0 aliphatic carbocycles. The maximum absolute atomic E-state index is 14.6. The maximum Gasteiger partial charge on any atom is 0.162 e. The Balaban J connectivity index is 1.76. The lowest BCUT2D eigenvalue weighted by atomic mass is 9.92. The highest BCUT2D eigenvalue weighted by Crippen LogP contribution is 2.39. The summed E-state index contributed by atoms with van der Waals surface area (Å²) in [6.45, 7) is 4.46. The first kappa shape index (κ1) is 21.1. The second kappa shape index (κ2) is 9.31. The van der Waals surface area contributed by atoms with Crippen LogP contribution in [0.15, 0.2) is 71.7 Å². The smallest absolute Gasteiger partial charge is 0.162 e. The number of aliphatic imine (C=N–C) groups is 1. The Morgan fingerprint density at radius 1 is 1.00 bits per heavy atom. The molecule has 0 spiro atoms. The Bertz CT molecular complexity index is 1080. The highest BCUT2D eigenvalue weighted by atomic mass is 19.1. The molecule has 0 unspecified atom stereocenters. The molecule has 0 bridgehead atoms. The molecule has 0 aromatic heterocycles. The van der Waals surface area contributed by atoms with E-state index in [-0.39, 0.29) is 17.6 Å². The van der Waals surface area contributed by atoms with Crippen LogP contribution in [0.5, 0.6) is 11.5 Å². The summed E-state index contributed by atoms with van der Waals surface area (Å²) in [5.74, 6) is 0.245. The minimum absolute atomic E-state index is 0.108. The Morgan fingerprint density at radius 2 is 1.74 bits per heavy atom. The fourth-order valence-electron chi connectivity index (χ4n) is 3.96. The van der Waals surface area contributed by atoms with Gasteiger partial charge in [0.1, 0.15) is 12.0 Å². The summed E-state index contributed by atoms with van der Waals surface area (Å²) in [5.41, 5.74) is 4.33. The Morgan fingerprint density at radius 3 is 2.45 bits per heavy atom. The largest absolute Gasteiger partial charge is 0.504 e. The average Bonchev–Trinajstić information content (AvgIpc) is 2.80. The predicted octanol–water partition coefficient (Wildman–Crippen LogP) is 5.71. The standard InChI is InChI=1S/C26H27FN2O2/c1-3-17-12-14-18(15-13-17)22-16-23(20-9-7-11-24(25(20)30)31-4-2)29-26(28-22)19-8-5-6-10-21(19)27/h5-15,23,26,29-30H,3-4,16H2,1-2H3/t23-,26+/m0/s1. The molecule has 31 heavy (non-hydrogen) atoms. The van der Waals surface area contributed by atoms with Crippen molar-refractivity contribution < 1.29 is 14.2 Å². The molecule has 4 nitrogen and oxygen atoms in total. The summed E-state index contributed by atoms with van der Waals surface area (Å²) in [6, 6.07) is 20.2. The first-order valence-electron chi connectivity index (χ1n) is 10.7. The van der Waals surface area contributed by atoms with E-state index in [0.29, 0.717) is 29.9 Å². The van der Waals surface area contributed by atoms with Crippen molar-refractivity contribution in [3.8, 4) is 11.5 Å². The molecule has 0 saturated heterocycles. The van der Waals surface area contributed by atoms with Crippen molar-refractivity contribution in [3.05, 3.63) is 94.8 Å². The SMILES string of the molecule is CCOc1cccc([C@@H]2CC(c3ccc(CC)cc3)=N[C@@H](c3ccccc3F)N2)c1O. The molecule has 2 atom stereocenters. The van der Waals surface area contributed by atoms with Gasteiger partial charge in [0, 0.05) is 29.3 Å². The number of aromatic hydroxyl groups is 1.